The quantitative estimate of drug-likeness (QED) is 0.450. The molecule has 1 aliphatic rings. The second kappa shape index (κ2) is 7.40. The van der Waals surface area contributed by atoms with Gasteiger partial charge in [0.05, 0.1) is 16.6 Å². The zero-order chi connectivity index (χ0) is 21.2. The van der Waals surface area contributed by atoms with Crippen molar-refractivity contribution in [2.45, 2.75) is 12.5 Å². The van der Waals surface area contributed by atoms with Gasteiger partial charge in [0.1, 0.15) is 12.1 Å². The SMILES string of the molecule is CC1(c2cccc([N+](=O)[O-])c2)NC(=O)N(CC(=O)Nc2ccc(C#N)cc2)C1=O. The number of nitrogens with one attached hydrogen (secondary N) is 2. The lowest BCUT2D eigenvalue weighted by atomic mass is 9.91. The number of nitro groups is 1. The molecular formula is C19H15N5O5. The van der Waals surface area contributed by atoms with E-state index in [4.69, 9.17) is 5.26 Å². The molecule has 0 spiro atoms. The first-order valence-corrected chi connectivity index (χ1v) is 8.43. The molecule has 2 aromatic carbocycles. The number of hydrogen-bond acceptors (Lipinski definition) is 6. The smallest absolute Gasteiger partial charge is 0.325 e. The summed E-state index contributed by atoms with van der Waals surface area (Å²) >= 11 is 0. The normalized spacial score (nSPS) is 18.1. The van der Waals surface area contributed by atoms with E-state index in [1.165, 1.54) is 55.5 Å². The number of carbonyl (C=O) groups is 3. The molecular weight excluding hydrogens is 378 g/mol. The zero-order valence-corrected chi connectivity index (χ0v) is 15.2. The van der Waals surface area contributed by atoms with Crippen LogP contribution >= 0.6 is 0 Å². The minimum absolute atomic E-state index is 0.220. The summed E-state index contributed by atoms with van der Waals surface area (Å²) < 4.78 is 0. The van der Waals surface area contributed by atoms with Crippen molar-refractivity contribution in [3.8, 4) is 6.07 Å². The van der Waals surface area contributed by atoms with Gasteiger partial charge in [-0.05, 0) is 36.8 Å². The molecule has 0 saturated carbocycles. The Balaban J connectivity index is 1.76. The number of carbonyl (C=O) groups excluding carboxylic acids is 3. The Morgan fingerprint density at radius 2 is 1.97 bits per heavy atom. The Bertz CT molecular complexity index is 1060. The summed E-state index contributed by atoms with van der Waals surface area (Å²) in [5.41, 5.74) is -0.687. The highest BCUT2D eigenvalue weighted by Gasteiger charge is 2.49. The number of nitro benzene ring substituents is 1. The van der Waals surface area contributed by atoms with Crippen LogP contribution in [0, 0.1) is 21.4 Å². The van der Waals surface area contributed by atoms with Crippen LogP contribution in [0.5, 0.6) is 0 Å². The molecule has 146 valence electrons. The van der Waals surface area contributed by atoms with E-state index >= 15 is 0 Å². The monoisotopic (exact) mass is 393 g/mol. The highest BCUT2D eigenvalue weighted by molar-refractivity contribution is 6.10. The van der Waals surface area contributed by atoms with Gasteiger partial charge in [0, 0.05) is 17.8 Å². The van der Waals surface area contributed by atoms with Gasteiger partial charge >= 0.3 is 6.03 Å². The summed E-state index contributed by atoms with van der Waals surface area (Å²) in [6, 6.07) is 12.6. The molecule has 0 bridgehead atoms. The van der Waals surface area contributed by atoms with Crippen LogP contribution in [0.25, 0.3) is 0 Å². The average molecular weight is 393 g/mol. The Hall–Kier alpha value is -4.26. The number of hydrogen-bond donors (Lipinski definition) is 2. The van der Waals surface area contributed by atoms with Crippen LogP contribution in [0.1, 0.15) is 18.1 Å². The van der Waals surface area contributed by atoms with E-state index in [-0.39, 0.29) is 11.3 Å². The van der Waals surface area contributed by atoms with Gasteiger partial charge in [0.15, 0.2) is 0 Å². The first-order valence-electron chi connectivity index (χ1n) is 8.43. The molecule has 1 aliphatic heterocycles. The van der Waals surface area contributed by atoms with E-state index in [1.54, 1.807) is 0 Å². The maximum absolute atomic E-state index is 12.8. The molecule has 1 heterocycles. The van der Waals surface area contributed by atoms with Gasteiger partial charge in [0.2, 0.25) is 5.91 Å². The fourth-order valence-electron chi connectivity index (χ4n) is 2.94. The van der Waals surface area contributed by atoms with Crippen LogP contribution in [0.15, 0.2) is 48.5 Å². The molecule has 4 amide bonds. The fourth-order valence-corrected chi connectivity index (χ4v) is 2.94. The van der Waals surface area contributed by atoms with Crippen molar-refractivity contribution >= 4 is 29.2 Å². The van der Waals surface area contributed by atoms with E-state index in [0.717, 1.165) is 4.90 Å². The summed E-state index contributed by atoms with van der Waals surface area (Å²) in [7, 11) is 0. The first-order chi connectivity index (χ1) is 13.7. The summed E-state index contributed by atoms with van der Waals surface area (Å²) in [6.07, 6.45) is 0. The summed E-state index contributed by atoms with van der Waals surface area (Å²) in [6.45, 7) is 0.889. The van der Waals surface area contributed by atoms with Gasteiger partial charge in [-0.3, -0.25) is 24.6 Å². The summed E-state index contributed by atoms with van der Waals surface area (Å²) in [4.78, 5) is 48.6. The van der Waals surface area contributed by atoms with Gasteiger partial charge in [-0.1, -0.05) is 12.1 Å². The molecule has 29 heavy (non-hydrogen) atoms. The van der Waals surface area contributed by atoms with Crippen molar-refractivity contribution in [2.24, 2.45) is 0 Å². The maximum Gasteiger partial charge on any atom is 0.325 e. The molecule has 2 aromatic rings. The second-order valence-electron chi connectivity index (χ2n) is 6.49. The van der Waals surface area contributed by atoms with E-state index in [2.05, 4.69) is 10.6 Å². The maximum atomic E-state index is 12.8. The van der Waals surface area contributed by atoms with E-state index < -0.39 is 34.9 Å². The van der Waals surface area contributed by atoms with Gasteiger partial charge in [-0.25, -0.2) is 4.79 Å². The molecule has 10 nitrogen and oxygen atoms in total. The number of nitriles is 1. The standard InChI is InChI=1S/C19H15N5O5/c1-19(13-3-2-4-15(9-13)24(28)29)17(26)23(18(27)22-19)11-16(25)21-14-7-5-12(10-20)6-8-14/h2-9H,11H2,1H3,(H,21,25)(H,22,27). The third kappa shape index (κ3) is 3.74. The van der Waals surface area contributed by atoms with Gasteiger partial charge in [-0.2, -0.15) is 5.26 Å². The minimum atomic E-state index is -1.53. The summed E-state index contributed by atoms with van der Waals surface area (Å²) in [5.74, 6) is -1.31. The van der Waals surface area contributed by atoms with Crippen LogP contribution in [-0.4, -0.2) is 34.2 Å². The Labute approximate surface area is 164 Å². The molecule has 0 aliphatic carbocycles. The highest BCUT2D eigenvalue weighted by Crippen LogP contribution is 2.30. The molecule has 1 atom stereocenters. The van der Waals surface area contributed by atoms with Crippen molar-refractivity contribution in [3.05, 3.63) is 69.8 Å². The lowest BCUT2D eigenvalue weighted by Gasteiger charge is -2.22. The van der Waals surface area contributed by atoms with Crippen molar-refractivity contribution < 1.29 is 19.3 Å². The van der Waals surface area contributed by atoms with Crippen molar-refractivity contribution in [1.82, 2.24) is 10.2 Å². The number of benzene rings is 2. The fraction of sp³-hybridized carbons (Fsp3) is 0.158. The predicted octanol–water partition coefficient (Wildman–Crippen LogP) is 1.87. The van der Waals surface area contributed by atoms with Gasteiger partial charge < -0.3 is 10.6 Å². The third-order valence-electron chi connectivity index (χ3n) is 4.51. The number of amides is 4. The van der Waals surface area contributed by atoms with Crippen LogP contribution < -0.4 is 10.6 Å². The third-order valence-corrected chi connectivity index (χ3v) is 4.51. The van der Waals surface area contributed by atoms with Crippen molar-refractivity contribution in [2.75, 3.05) is 11.9 Å². The van der Waals surface area contributed by atoms with E-state index in [1.807, 2.05) is 6.07 Å². The zero-order valence-electron chi connectivity index (χ0n) is 15.2. The molecule has 0 aromatic heterocycles. The van der Waals surface area contributed by atoms with Crippen LogP contribution in [0.2, 0.25) is 0 Å². The molecule has 10 heteroatoms. The topological polar surface area (TPSA) is 145 Å². The van der Waals surface area contributed by atoms with Crippen molar-refractivity contribution in [1.29, 1.82) is 5.26 Å². The number of anilines is 1. The molecule has 1 saturated heterocycles. The van der Waals surface area contributed by atoms with E-state index in [0.29, 0.717) is 11.3 Å². The molecule has 0 radical (unpaired) electrons. The number of rotatable bonds is 5. The predicted molar refractivity (Wildman–Crippen MR) is 100 cm³/mol. The largest absolute Gasteiger partial charge is 0.325 e. The lowest BCUT2D eigenvalue weighted by Crippen LogP contribution is -2.42. The van der Waals surface area contributed by atoms with E-state index in [9.17, 15) is 24.5 Å². The lowest BCUT2D eigenvalue weighted by molar-refractivity contribution is -0.385. The Kier molecular flexibility index (Phi) is 4.97. The molecule has 1 fully saturated rings. The molecule has 2 N–H and O–H groups in total. The minimum Gasteiger partial charge on any atom is -0.325 e. The van der Waals surface area contributed by atoms with Crippen molar-refractivity contribution in [3.63, 3.8) is 0 Å². The number of imide groups is 1. The van der Waals surface area contributed by atoms with Crippen LogP contribution in [0.3, 0.4) is 0 Å². The Morgan fingerprint density at radius 1 is 1.28 bits per heavy atom. The number of nitrogens with zero attached hydrogens (tertiary/aromatic N) is 3. The first kappa shape index (κ1) is 19.5. The Morgan fingerprint density at radius 3 is 2.59 bits per heavy atom. The van der Waals surface area contributed by atoms with Gasteiger partial charge in [-0.15, -0.1) is 0 Å². The second-order valence-corrected chi connectivity index (χ2v) is 6.49. The highest BCUT2D eigenvalue weighted by atomic mass is 16.6. The number of non-ortho nitro benzene ring substituents is 1. The van der Waals surface area contributed by atoms with Crippen LogP contribution in [0.4, 0.5) is 16.2 Å². The number of urea groups is 1. The molecule has 3 rings (SSSR count). The average Bonchev–Trinajstić information content (AvgIpc) is 2.92. The van der Waals surface area contributed by atoms with Crippen LogP contribution in [-0.2, 0) is 15.1 Å². The summed E-state index contributed by atoms with van der Waals surface area (Å²) in [5, 5.41) is 24.8. The van der Waals surface area contributed by atoms with Gasteiger partial charge in [0.25, 0.3) is 11.6 Å². The molecule has 1 unspecified atom stereocenters.